The highest BCUT2D eigenvalue weighted by atomic mass is 19.1. The van der Waals surface area contributed by atoms with Gasteiger partial charge in [0.1, 0.15) is 5.82 Å². The Labute approximate surface area is 123 Å². The summed E-state index contributed by atoms with van der Waals surface area (Å²) in [5.74, 6) is -0.885. The number of carbonyl (C=O) groups is 1. The number of rotatable bonds is 2. The molecule has 0 aromatic heterocycles. The first-order chi connectivity index (χ1) is 10.2. The third-order valence-corrected chi connectivity index (χ3v) is 3.76. The highest BCUT2D eigenvalue weighted by Crippen LogP contribution is 2.30. The fraction of sp³-hybridized carbons (Fsp3) is 0.235. The first kappa shape index (κ1) is 13.6. The summed E-state index contributed by atoms with van der Waals surface area (Å²) in [6.07, 6.45) is 2.07. The van der Waals surface area contributed by atoms with Gasteiger partial charge in [0, 0.05) is 6.54 Å². The second-order valence-electron chi connectivity index (χ2n) is 5.26. The number of para-hydroxylation sites is 1. The second kappa shape index (κ2) is 5.56. The molecule has 0 spiro atoms. The van der Waals surface area contributed by atoms with E-state index in [1.807, 2.05) is 18.2 Å². The molecule has 1 aliphatic rings. The van der Waals surface area contributed by atoms with Crippen LogP contribution in [0.4, 0.5) is 15.8 Å². The van der Waals surface area contributed by atoms with Crippen molar-refractivity contribution in [2.75, 3.05) is 17.2 Å². The Bertz CT molecular complexity index is 697. The smallest absolute Gasteiger partial charge is 0.258 e. The zero-order valence-electron chi connectivity index (χ0n) is 11.9. The Balaban J connectivity index is 1.90. The van der Waals surface area contributed by atoms with Gasteiger partial charge in [0.15, 0.2) is 0 Å². The minimum Gasteiger partial charge on any atom is -0.383 e. The Kier molecular flexibility index (Phi) is 3.60. The van der Waals surface area contributed by atoms with Crippen molar-refractivity contribution in [3.05, 3.63) is 58.9 Å². The maximum atomic E-state index is 14.0. The third-order valence-electron chi connectivity index (χ3n) is 3.76. The van der Waals surface area contributed by atoms with E-state index in [-0.39, 0.29) is 5.56 Å². The third kappa shape index (κ3) is 2.61. The lowest BCUT2D eigenvalue weighted by molar-refractivity contribution is 0.102. The van der Waals surface area contributed by atoms with Gasteiger partial charge in [-0.25, -0.2) is 4.39 Å². The number of amides is 1. The molecular formula is C17H17FN2O. The molecule has 1 aliphatic heterocycles. The maximum absolute atomic E-state index is 14.0. The van der Waals surface area contributed by atoms with Gasteiger partial charge < -0.3 is 10.6 Å². The SMILES string of the molecule is Cc1cccc(C(=O)Nc2cccc3c2NCCC3)c1F. The summed E-state index contributed by atoms with van der Waals surface area (Å²) in [6, 6.07) is 10.6. The predicted octanol–water partition coefficient (Wildman–Crippen LogP) is 3.74. The minimum atomic E-state index is -0.465. The van der Waals surface area contributed by atoms with Gasteiger partial charge in [0.05, 0.1) is 16.9 Å². The maximum Gasteiger partial charge on any atom is 0.258 e. The molecule has 2 aromatic carbocycles. The lowest BCUT2D eigenvalue weighted by atomic mass is 10.0. The number of fused-ring (bicyclic) bond motifs is 1. The number of hydrogen-bond acceptors (Lipinski definition) is 2. The largest absolute Gasteiger partial charge is 0.383 e. The predicted molar refractivity (Wildman–Crippen MR) is 82.3 cm³/mol. The van der Waals surface area contributed by atoms with E-state index >= 15 is 0 Å². The molecule has 3 nitrogen and oxygen atoms in total. The van der Waals surface area contributed by atoms with Crippen molar-refractivity contribution in [2.24, 2.45) is 0 Å². The van der Waals surface area contributed by atoms with Crippen molar-refractivity contribution in [1.29, 1.82) is 0 Å². The number of benzene rings is 2. The quantitative estimate of drug-likeness (QED) is 0.882. The van der Waals surface area contributed by atoms with Crippen molar-refractivity contribution in [3.63, 3.8) is 0 Å². The Morgan fingerprint density at radius 3 is 2.90 bits per heavy atom. The zero-order chi connectivity index (χ0) is 14.8. The van der Waals surface area contributed by atoms with Crippen LogP contribution in [0.5, 0.6) is 0 Å². The fourth-order valence-electron chi connectivity index (χ4n) is 2.63. The Morgan fingerprint density at radius 1 is 1.24 bits per heavy atom. The Hall–Kier alpha value is -2.36. The number of nitrogens with one attached hydrogen (secondary N) is 2. The van der Waals surface area contributed by atoms with Gasteiger partial charge in [-0.15, -0.1) is 0 Å². The lowest BCUT2D eigenvalue weighted by Gasteiger charge is -2.21. The van der Waals surface area contributed by atoms with Crippen LogP contribution < -0.4 is 10.6 Å². The molecule has 1 heterocycles. The highest BCUT2D eigenvalue weighted by molar-refractivity contribution is 6.06. The molecule has 1 amide bonds. The zero-order valence-corrected chi connectivity index (χ0v) is 11.9. The normalized spacial score (nSPS) is 13.2. The minimum absolute atomic E-state index is 0.0726. The first-order valence-electron chi connectivity index (χ1n) is 7.09. The van der Waals surface area contributed by atoms with Crippen LogP contribution in [0.1, 0.15) is 27.9 Å². The van der Waals surface area contributed by atoms with Crippen LogP contribution in [0.2, 0.25) is 0 Å². The molecule has 0 aliphatic carbocycles. The molecule has 108 valence electrons. The number of hydrogen-bond donors (Lipinski definition) is 2. The summed E-state index contributed by atoms with van der Waals surface area (Å²) in [6.45, 7) is 2.54. The summed E-state index contributed by atoms with van der Waals surface area (Å²) < 4.78 is 14.0. The Morgan fingerprint density at radius 2 is 2.05 bits per heavy atom. The van der Waals surface area contributed by atoms with Gasteiger partial charge >= 0.3 is 0 Å². The molecule has 4 heteroatoms. The summed E-state index contributed by atoms with van der Waals surface area (Å²) in [5, 5.41) is 6.12. The summed E-state index contributed by atoms with van der Waals surface area (Å²) in [7, 11) is 0. The van der Waals surface area contributed by atoms with Gasteiger partial charge in [-0.2, -0.15) is 0 Å². The molecule has 3 rings (SSSR count). The molecular weight excluding hydrogens is 267 g/mol. The highest BCUT2D eigenvalue weighted by Gasteiger charge is 2.17. The molecule has 0 saturated heterocycles. The van der Waals surface area contributed by atoms with E-state index in [9.17, 15) is 9.18 Å². The molecule has 0 atom stereocenters. The number of carbonyl (C=O) groups excluding carboxylic acids is 1. The van der Waals surface area contributed by atoms with E-state index < -0.39 is 11.7 Å². The number of halogens is 1. The molecule has 2 N–H and O–H groups in total. The molecule has 0 fully saturated rings. The van der Waals surface area contributed by atoms with E-state index in [0.29, 0.717) is 11.3 Å². The van der Waals surface area contributed by atoms with Crippen LogP contribution in [0.15, 0.2) is 36.4 Å². The molecule has 21 heavy (non-hydrogen) atoms. The molecule has 2 aromatic rings. The van der Waals surface area contributed by atoms with E-state index in [4.69, 9.17) is 0 Å². The van der Waals surface area contributed by atoms with Crippen molar-refractivity contribution in [2.45, 2.75) is 19.8 Å². The summed E-state index contributed by atoms with van der Waals surface area (Å²) in [4.78, 5) is 12.3. The van der Waals surface area contributed by atoms with Gasteiger partial charge in [-0.05, 0) is 43.0 Å². The van der Waals surface area contributed by atoms with Crippen molar-refractivity contribution in [3.8, 4) is 0 Å². The van der Waals surface area contributed by atoms with Crippen molar-refractivity contribution >= 4 is 17.3 Å². The van der Waals surface area contributed by atoms with Crippen LogP contribution in [-0.2, 0) is 6.42 Å². The topological polar surface area (TPSA) is 41.1 Å². The molecule has 0 saturated carbocycles. The van der Waals surface area contributed by atoms with Gasteiger partial charge in [0.2, 0.25) is 0 Å². The van der Waals surface area contributed by atoms with E-state index in [1.165, 1.54) is 11.6 Å². The molecule has 0 unspecified atom stereocenters. The van der Waals surface area contributed by atoms with Gasteiger partial charge in [-0.1, -0.05) is 24.3 Å². The number of aryl methyl sites for hydroxylation is 2. The van der Waals surface area contributed by atoms with Gasteiger partial charge in [-0.3, -0.25) is 4.79 Å². The second-order valence-corrected chi connectivity index (χ2v) is 5.26. The van der Waals surface area contributed by atoms with Crippen LogP contribution in [0.3, 0.4) is 0 Å². The average Bonchev–Trinajstić information content (AvgIpc) is 2.50. The summed E-state index contributed by atoms with van der Waals surface area (Å²) in [5.41, 5.74) is 3.38. The monoisotopic (exact) mass is 284 g/mol. The molecule has 0 bridgehead atoms. The van der Waals surface area contributed by atoms with E-state index in [2.05, 4.69) is 10.6 Å². The average molecular weight is 284 g/mol. The molecule has 0 radical (unpaired) electrons. The fourth-order valence-corrected chi connectivity index (χ4v) is 2.63. The van der Waals surface area contributed by atoms with Crippen LogP contribution in [-0.4, -0.2) is 12.5 Å². The van der Waals surface area contributed by atoms with Crippen LogP contribution >= 0.6 is 0 Å². The van der Waals surface area contributed by atoms with Crippen LogP contribution in [0.25, 0.3) is 0 Å². The van der Waals surface area contributed by atoms with Crippen molar-refractivity contribution in [1.82, 2.24) is 0 Å². The van der Waals surface area contributed by atoms with E-state index in [1.54, 1.807) is 19.1 Å². The summed E-state index contributed by atoms with van der Waals surface area (Å²) >= 11 is 0. The first-order valence-corrected chi connectivity index (χ1v) is 7.09. The number of anilines is 2. The van der Waals surface area contributed by atoms with Crippen molar-refractivity contribution < 1.29 is 9.18 Å². The standard InChI is InChI=1S/C17H17FN2O/c1-11-5-2-8-13(15(11)18)17(21)20-14-9-3-6-12-7-4-10-19-16(12)14/h2-3,5-6,8-9,19H,4,7,10H2,1H3,(H,20,21). The lowest BCUT2D eigenvalue weighted by Crippen LogP contribution is -2.18. The van der Waals surface area contributed by atoms with Crippen LogP contribution in [0, 0.1) is 12.7 Å². The van der Waals surface area contributed by atoms with Gasteiger partial charge in [0.25, 0.3) is 5.91 Å². The van der Waals surface area contributed by atoms with E-state index in [0.717, 1.165) is 25.1 Å².